The second-order valence-electron chi connectivity index (χ2n) is 4.40. The molecule has 0 saturated heterocycles. The van der Waals surface area contributed by atoms with Crippen molar-refractivity contribution in [2.24, 2.45) is 0 Å². The Balaban J connectivity index is 2.53. The quantitative estimate of drug-likeness (QED) is 0.684. The van der Waals surface area contributed by atoms with E-state index in [0.717, 1.165) is 16.6 Å². The lowest BCUT2D eigenvalue weighted by Gasteiger charge is -2.14. The Kier molecular flexibility index (Phi) is 3.52. The fourth-order valence-corrected chi connectivity index (χ4v) is 2.57. The molecular weight excluding hydrogens is 248 g/mol. The number of benzene rings is 1. The maximum atomic E-state index is 11.4. The summed E-state index contributed by atoms with van der Waals surface area (Å²) in [7, 11) is 1.40. The summed E-state index contributed by atoms with van der Waals surface area (Å²) in [5.74, 6) is -0.229. The Morgan fingerprint density at radius 3 is 2.94 bits per heavy atom. The van der Waals surface area contributed by atoms with Crippen LogP contribution in [0.4, 0.5) is 0 Å². The Hall–Kier alpha value is -1.62. The maximum absolute atomic E-state index is 11.4. The molecule has 0 saturated carbocycles. The first kappa shape index (κ1) is 12.8. The van der Waals surface area contributed by atoms with Gasteiger partial charge < -0.3 is 14.3 Å². The van der Waals surface area contributed by atoms with Gasteiger partial charge in [-0.3, -0.25) is 4.79 Å². The lowest BCUT2D eigenvalue weighted by atomic mass is 10.1. The van der Waals surface area contributed by atoms with Crippen molar-refractivity contribution in [1.29, 1.82) is 0 Å². The highest BCUT2D eigenvalue weighted by atomic mass is 32.1. The van der Waals surface area contributed by atoms with Crippen molar-refractivity contribution in [3.8, 4) is 0 Å². The van der Waals surface area contributed by atoms with E-state index in [1.165, 1.54) is 7.11 Å². The third-order valence-electron chi connectivity index (χ3n) is 3.07. The molecule has 1 unspecified atom stereocenters. The van der Waals surface area contributed by atoms with Crippen LogP contribution in [0, 0.1) is 11.7 Å². The largest absolute Gasteiger partial charge is 0.469 e. The number of para-hydroxylation sites is 1. The van der Waals surface area contributed by atoms with Crippen LogP contribution in [0.1, 0.15) is 24.9 Å². The van der Waals surface area contributed by atoms with Crippen LogP contribution in [-0.4, -0.2) is 22.6 Å². The number of aryl methyl sites for hydroxylation is 1. The highest BCUT2D eigenvalue weighted by molar-refractivity contribution is 7.71. The predicted octanol–water partition coefficient (Wildman–Crippen LogP) is 3.13. The molecule has 0 spiro atoms. The molecule has 1 aromatic heterocycles. The fraction of sp³-hybridized carbons (Fsp3) is 0.385. The highest BCUT2D eigenvalue weighted by Crippen LogP contribution is 2.24. The third-order valence-corrected chi connectivity index (χ3v) is 3.37. The summed E-state index contributed by atoms with van der Waals surface area (Å²) in [4.78, 5) is 14.5. The lowest BCUT2D eigenvalue weighted by molar-refractivity contribution is -0.141. The number of nitrogens with one attached hydrogen (secondary N) is 1. The molecule has 1 atom stereocenters. The van der Waals surface area contributed by atoms with Gasteiger partial charge >= 0.3 is 5.97 Å². The molecule has 5 heteroatoms. The predicted molar refractivity (Wildman–Crippen MR) is 73.2 cm³/mol. The van der Waals surface area contributed by atoms with E-state index in [-0.39, 0.29) is 12.0 Å². The van der Waals surface area contributed by atoms with Gasteiger partial charge in [-0.1, -0.05) is 12.1 Å². The number of esters is 1. The normalized spacial score (nSPS) is 12.6. The van der Waals surface area contributed by atoms with E-state index in [1.54, 1.807) is 0 Å². The zero-order valence-electron chi connectivity index (χ0n) is 10.7. The molecule has 0 fully saturated rings. The minimum Gasteiger partial charge on any atom is -0.469 e. The summed E-state index contributed by atoms with van der Waals surface area (Å²) in [5, 5.41) is 0. The van der Waals surface area contributed by atoms with E-state index < -0.39 is 0 Å². The zero-order chi connectivity index (χ0) is 13.3. The Bertz CT molecular complexity index is 642. The number of aromatic amines is 1. The molecule has 0 bridgehead atoms. The van der Waals surface area contributed by atoms with E-state index in [4.69, 9.17) is 17.0 Å². The topological polar surface area (TPSA) is 47.0 Å². The fourth-order valence-electron chi connectivity index (χ4n) is 2.19. The highest BCUT2D eigenvalue weighted by Gasteiger charge is 2.16. The molecule has 0 radical (unpaired) electrons. The molecule has 0 aliphatic heterocycles. The van der Waals surface area contributed by atoms with Crippen LogP contribution in [0.2, 0.25) is 0 Å². The summed E-state index contributed by atoms with van der Waals surface area (Å²) in [6, 6.07) is 5.98. The van der Waals surface area contributed by atoms with Crippen LogP contribution in [0.3, 0.4) is 0 Å². The number of ether oxygens (including phenoxy) is 1. The number of methoxy groups -OCH3 is 1. The van der Waals surface area contributed by atoms with Crippen molar-refractivity contribution in [3.63, 3.8) is 0 Å². The minimum absolute atomic E-state index is 0.0280. The number of carbonyl (C=O) groups excluding carboxylic acids is 1. The van der Waals surface area contributed by atoms with Crippen LogP contribution in [0.25, 0.3) is 11.0 Å². The van der Waals surface area contributed by atoms with Crippen LogP contribution in [0.5, 0.6) is 0 Å². The number of aromatic nitrogens is 2. The van der Waals surface area contributed by atoms with E-state index in [9.17, 15) is 4.79 Å². The molecule has 1 aromatic carbocycles. The number of hydrogen-bond donors (Lipinski definition) is 1. The van der Waals surface area contributed by atoms with Crippen molar-refractivity contribution in [2.45, 2.75) is 26.3 Å². The Labute approximate surface area is 111 Å². The maximum Gasteiger partial charge on any atom is 0.307 e. The van der Waals surface area contributed by atoms with Gasteiger partial charge in [0.15, 0.2) is 4.77 Å². The smallest absolute Gasteiger partial charge is 0.307 e. The number of rotatable bonds is 3. The first-order chi connectivity index (χ1) is 8.54. The van der Waals surface area contributed by atoms with Crippen molar-refractivity contribution < 1.29 is 9.53 Å². The minimum atomic E-state index is -0.229. The molecule has 2 aromatic rings. The van der Waals surface area contributed by atoms with Crippen LogP contribution < -0.4 is 0 Å². The number of hydrogen-bond acceptors (Lipinski definition) is 3. The van der Waals surface area contributed by atoms with E-state index in [1.807, 2.05) is 36.6 Å². The van der Waals surface area contributed by atoms with E-state index in [2.05, 4.69) is 4.98 Å². The molecule has 0 aliphatic carbocycles. The van der Waals surface area contributed by atoms with Crippen molar-refractivity contribution >= 4 is 29.2 Å². The third kappa shape index (κ3) is 2.18. The van der Waals surface area contributed by atoms with Gasteiger partial charge in [-0.15, -0.1) is 0 Å². The van der Waals surface area contributed by atoms with Gasteiger partial charge in [-0.05, 0) is 37.7 Å². The summed E-state index contributed by atoms with van der Waals surface area (Å²) in [5.41, 5.74) is 3.19. The van der Waals surface area contributed by atoms with Crippen molar-refractivity contribution in [3.05, 3.63) is 28.5 Å². The zero-order valence-corrected chi connectivity index (χ0v) is 11.5. The van der Waals surface area contributed by atoms with Gasteiger partial charge in [-0.2, -0.15) is 0 Å². The SMILES string of the molecule is COC(=O)CC(C)n1c(=S)[nH]c2cccc(C)c21. The van der Waals surface area contributed by atoms with Crippen LogP contribution >= 0.6 is 12.2 Å². The van der Waals surface area contributed by atoms with E-state index in [0.29, 0.717) is 11.2 Å². The average Bonchev–Trinajstić information content (AvgIpc) is 2.66. The summed E-state index contributed by atoms with van der Waals surface area (Å²) >= 11 is 5.33. The van der Waals surface area contributed by atoms with Crippen molar-refractivity contribution in [1.82, 2.24) is 9.55 Å². The van der Waals surface area contributed by atoms with Gasteiger partial charge in [0.25, 0.3) is 0 Å². The second kappa shape index (κ2) is 4.94. The van der Waals surface area contributed by atoms with Gasteiger partial charge in [0, 0.05) is 6.04 Å². The van der Waals surface area contributed by atoms with Crippen molar-refractivity contribution in [2.75, 3.05) is 7.11 Å². The van der Waals surface area contributed by atoms with Gasteiger partial charge in [0.1, 0.15) is 0 Å². The Morgan fingerprint density at radius 2 is 2.28 bits per heavy atom. The molecule has 2 rings (SSSR count). The molecule has 1 heterocycles. The average molecular weight is 264 g/mol. The van der Waals surface area contributed by atoms with Crippen LogP contribution in [0.15, 0.2) is 18.2 Å². The number of carbonyl (C=O) groups is 1. The standard InChI is InChI=1S/C13H16N2O2S/c1-8-5-4-6-10-12(8)15(13(18)14-10)9(2)7-11(16)17-3/h4-6,9H,7H2,1-3H3,(H,14,18). The number of H-pyrrole nitrogens is 1. The monoisotopic (exact) mass is 264 g/mol. The number of imidazole rings is 1. The summed E-state index contributed by atoms with van der Waals surface area (Å²) in [6.45, 7) is 4.00. The molecule has 0 amide bonds. The molecular formula is C13H16N2O2S. The lowest BCUT2D eigenvalue weighted by Crippen LogP contribution is -2.12. The molecule has 96 valence electrons. The summed E-state index contributed by atoms with van der Waals surface area (Å²) in [6.07, 6.45) is 0.312. The van der Waals surface area contributed by atoms with Crippen LogP contribution in [-0.2, 0) is 9.53 Å². The first-order valence-corrected chi connectivity index (χ1v) is 6.22. The van der Waals surface area contributed by atoms with Gasteiger partial charge in [0.05, 0.1) is 24.6 Å². The van der Waals surface area contributed by atoms with E-state index >= 15 is 0 Å². The Morgan fingerprint density at radius 1 is 1.56 bits per heavy atom. The second-order valence-corrected chi connectivity index (χ2v) is 4.79. The molecule has 18 heavy (non-hydrogen) atoms. The number of nitrogens with zero attached hydrogens (tertiary/aromatic N) is 1. The first-order valence-electron chi connectivity index (χ1n) is 5.81. The molecule has 0 aliphatic rings. The summed E-state index contributed by atoms with van der Waals surface area (Å²) < 4.78 is 7.32. The van der Waals surface area contributed by atoms with Gasteiger partial charge in [-0.25, -0.2) is 0 Å². The van der Waals surface area contributed by atoms with Gasteiger partial charge in [0.2, 0.25) is 0 Å². The molecule has 4 nitrogen and oxygen atoms in total. The molecule has 1 N–H and O–H groups in total. The number of fused-ring (bicyclic) bond motifs is 1.